The Morgan fingerprint density at radius 3 is 2.67 bits per heavy atom. The average Bonchev–Trinajstić information content (AvgIpc) is 3.23. The van der Waals surface area contributed by atoms with Crippen LogP contribution in [0.2, 0.25) is 0 Å². The third kappa shape index (κ3) is 4.57. The van der Waals surface area contributed by atoms with E-state index in [0.29, 0.717) is 19.7 Å². The number of benzene rings is 1. The van der Waals surface area contributed by atoms with E-state index in [1.165, 1.54) is 11.3 Å². The van der Waals surface area contributed by atoms with Crippen molar-refractivity contribution in [1.29, 1.82) is 0 Å². The highest BCUT2D eigenvalue weighted by molar-refractivity contribution is 7.15. The van der Waals surface area contributed by atoms with E-state index in [4.69, 9.17) is 9.72 Å². The lowest BCUT2D eigenvalue weighted by Crippen LogP contribution is -2.38. The van der Waals surface area contributed by atoms with Gasteiger partial charge in [-0.25, -0.2) is 4.98 Å². The summed E-state index contributed by atoms with van der Waals surface area (Å²) in [4.78, 5) is 20.1. The number of aromatic nitrogens is 2. The van der Waals surface area contributed by atoms with Gasteiger partial charge < -0.3 is 9.64 Å². The van der Waals surface area contributed by atoms with E-state index < -0.39 is 0 Å². The van der Waals surface area contributed by atoms with Gasteiger partial charge in [0.15, 0.2) is 4.96 Å². The van der Waals surface area contributed by atoms with Gasteiger partial charge in [0.1, 0.15) is 0 Å². The zero-order chi connectivity index (χ0) is 19.4. The summed E-state index contributed by atoms with van der Waals surface area (Å²) in [5.74, 6) is 0.162. The summed E-state index contributed by atoms with van der Waals surface area (Å²) in [6.45, 7) is 7.83. The molecule has 6 heteroatoms. The minimum absolute atomic E-state index is 0.00858. The molecule has 0 aliphatic rings. The van der Waals surface area contributed by atoms with E-state index in [9.17, 15) is 4.79 Å². The lowest BCUT2D eigenvalue weighted by molar-refractivity contribution is -0.135. The molecule has 0 atom stereocenters. The second-order valence-corrected chi connectivity index (χ2v) is 7.93. The lowest BCUT2D eigenvalue weighted by Gasteiger charge is -2.24. The van der Waals surface area contributed by atoms with Crippen molar-refractivity contribution in [3.63, 3.8) is 0 Å². The van der Waals surface area contributed by atoms with Gasteiger partial charge in [0.05, 0.1) is 12.3 Å². The van der Waals surface area contributed by atoms with Crippen LogP contribution in [-0.4, -0.2) is 47.0 Å². The molecule has 0 N–H and O–H groups in total. The summed E-state index contributed by atoms with van der Waals surface area (Å²) in [5, 5.41) is 2.13. The molecule has 0 saturated heterocycles. The molecule has 0 unspecified atom stereocenters. The van der Waals surface area contributed by atoms with E-state index in [2.05, 4.69) is 47.2 Å². The maximum atomic E-state index is 12.4. The molecule has 0 aliphatic carbocycles. The number of aryl methyl sites for hydroxylation is 1. The van der Waals surface area contributed by atoms with Crippen molar-refractivity contribution in [3.05, 3.63) is 47.1 Å². The normalized spacial score (nSPS) is 11.4. The van der Waals surface area contributed by atoms with Crippen molar-refractivity contribution < 1.29 is 9.53 Å². The van der Waals surface area contributed by atoms with Crippen LogP contribution in [-0.2, 0) is 16.0 Å². The molecule has 2 heterocycles. The molecule has 1 amide bonds. The topological polar surface area (TPSA) is 46.8 Å². The summed E-state index contributed by atoms with van der Waals surface area (Å²) in [6, 6.07) is 8.42. The van der Waals surface area contributed by atoms with Gasteiger partial charge in [-0.05, 0) is 6.92 Å². The highest BCUT2D eigenvalue weighted by atomic mass is 32.1. The van der Waals surface area contributed by atoms with Crippen LogP contribution in [0.5, 0.6) is 0 Å². The number of fused-ring (bicyclic) bond motifs is 1. The predicted octanol–water partition coefficient (Wildman–Crippen LogP) is 4.04. The fourth-order valence-electron chi connectivity index (χ4n) is 3.02. The Labute approximate surface area is 164 Å². The number of imidazole rings is 1. The smallest absolute Gasteiger partial charge is 0.225 e. The van der Waals surface area contributed by atoms with Gasteiger partial charge in [-0.1, -0.05) is 43.7 Å². The molecule has 0 fully saturated rings. The fraction of sp³-hybridized carbons (Fsp3) is 0.429. The molecule has 3 aromatic rings. The van der Waals surface area contributed by atoms with E-state index in [1.54, 1.807) is 18.4 Å². The first-order valence-corrected chi connectivity index (χ1v) is 10.2. The number of carbonyl (C=O) groups excluding carboxylic acids is 1. The van der Waals surface area contributed by atoms with Crippen LogP contribution in [0.15, 0.2) is 35.8 Å². The quantitative estimate of drug-likeness (QED) is 0.588. The van der Waals surface area contributed by atoms with Crippen LogP contribution in [0.4, 0.5) is 0 Å². The van der Waals surface area contributed by atoms with Gasteiger partial charge in [0, 0.05) is 55.4 Å². The van der Waals surface area contributed by atoms with E-state index in [1.807, 2.05) is 18.7 Å². The molecule has 1 aromatic carbocycles. The van der Waals surface area contributed by atoms with Gasteiger partial charge in [-0.3, -0.25) is 9.20 Å². The largest absolute Gasteiger partial charge is 0.383 e. The van der Waals surface area contributed by atoms with Gasteiger partial charge in [0.25, 0.3) is 0 Å². The molecule has 2 aromatic heterocycles. The molecule has 0 saturated carbocycles. The Hall–Kier alpha value is -2.18. The minimum atomic E-state index is -0.00858. The molecule has 0 bridgehead atoms. The maximum Gasteiger partial charge on any atom is 0.225 e. The Morgan fingerprint density at radius 2 is 2.00 bits per heavy atom. The van der Waals surface area contributed by atoms with E-state index in [-0.39, 0.29) is 11.8 Å². The van der Waals surface area contributed by atoms with Gasteiger partial charge in [-0.15, -0.1) is 11.3 Å². The molecule has 144 valence electrons. The second kappa shape index (κ2) is 8.67. The molecule has 27 heavy (non-hydrogen) atoms. The van der Waals surface area contributed by atoms with Gasteiger partial charge in [-0.2, -0.15) is 0 Å². The third-order valence-corrected chi connectivity index (χ3v) is 5.53. The summed E-state index contributed by atoms with van der Waals surface area (Å²) in [6.07, 6.45) is 2.89. The van der Waals surface area contributed by atoms with Crippen molar-refractivity contribution in [2.45, 2.75) is 27.2 Å². The molecule has 3 rings (SSSR count). The van der Waals surface area contributed by atoms with Crippen LogP contribution >= 0.6 is 11.3 Å². The van der Waals surface area contributed by atoms with Gasteiger partial charge in [0.2, 0.25) is 5.91 Å². The molecular weight excluding hydrogens is 358 g/mol. The number of hydrogen-bond donors (Lipinski definition) is 0. The first-order valence-electron chi connectivity index (χ1n) is 9.30. The molecule has 0 spiro atoms. The summed E-state index contributed by atoms with van der Waals surface area (Å²) >= 11 is 1.64. The monoisotopic (exact) mass is 385 g/mol. The summed E-state index contributed by atoms with van der Waals surface area (Å²) in [7, 11) is 1.67. The average molecular weight is 386 g/mol. The molecule has 0 radical (unpaired) electrons. The Morgan fingerprint density at radius 1 is 1.26 bits per heavy atom. The SMILES string of the molecule is COCCN(CCc1csc2nc(-c3ccc(C)cc3)cn12)C(=O)C(C)C. The Bertz CT molecular complexity index is 896. The molecule has 0 aliphatic heterocycles. The highest BCUT2D eigenvalue weighted by Gasteiger charge is 2.18. The van der Waals surface area contributed by atoms with Crippen LogP contribution in [0, 0.1) is 12.8 Å². The number of hydrogen-bond acceptors (Lipinski definition) is 4. The van der Waals surface area contributed by atoms with E-state index in [0.717, 1.165) is 22.6 Å². The number of carbonyl (C=O) groups is 1. The fourth-order valence-corrected chi connectivity index (χ4v) is 3.93. The first-order chi connectivity index (χ1) is 13.0. The first kappa shape index (κ1) is 19.6. The number of thiazole rings is 1. The van der Waals surface area contributed by atoms with Crippen molar-refractivity contribution in [3.8, 4) is 11.3 Å². The summed E-state index contributed by atoms with van der Waals surface area (Å²) in [5.41, 5.74) is 4.53. The Balaban J connectivity index is 1.76. The van der Waals surface area contributed by atoms with Crippen LogP contribution in [0.25, 0.3) is 16.2 Å². The predicted molar refractivity (Wildman–Crippen MR) is 110 cm³/mol. The minimum Gasteiger partial charge on any atom is -0.383 e. The zero-order valence-electron chi connectivity index (χ0n) is 16.4. The van der Waals surface area contributed by atoms with Crippen LogP contribution in [0.3, 0.4) is 0 Å². The van der Waals surface area contributed by atoms with E-state index >= 15 is 0 Å². The van der Waals surface area contributed by atoms with Crippen molar-refractivity contribution in [2.75, 3.05) is 26.8 Å². The number of amides is 1. The highest BCUT2D eigenvalue weighted by Crippen LogP contribution is 2.24. The zero-order valence-corrected chi connectivity index (χ0v) is 17.3. The Kier molecular flexibility index (Phi) is 6.29. The number of ether oxygens (including phenoxy) is 1. The molecular formula is C21H27N3O2S. The standard InChI is InChI=1S/C21H27N3O2S/c1-15(2)20(25)23(11-12-26-4)10-9-18-14-27-21-22-19(13-24(18)21)17-7-5-16(3)6-8-17/h5-8,13-15H,9-12H2,1-4H3. The maximum absolute atomic E-state index is 12.4. The number of methoxy groups -OCH3 is 1. The van der Waals surface area contributed by atoms with Crippen molar-refractivity contribution in [2.24, 2.45) is 5.92 Å². The lowest BCUT2D eigenvalue weighted by atomic mass is 10.1. The van der Waals surface area contributed by atoms with Crippen molar-refractivity contribution >= 4 is 22.2 Å². The van der Waals surface area contributed by atoms with Crippen molar-refractivity contribution in [1.82, 2.24) is 14.3 Å². The summed E-state index contributed by atoms with van der Waals surface area (Å²) < 4.78 is 7.31. The van der Waals surface area contributed by atoms with Crippen LogP contribution in [0.1, 0.15) is 25.1 Å². The second-order valence-electron chi connectivity index (χ2n) is 7.09. The van der Waals surface area contributed by atoms with Crippen LogP contribution < -0.4 is 0 Å². The number of rotatable bonds is 8. The molecule has 5 nitrogen and oxygen atoms in total. The van der Waals surface area contributed by atoms with Gasteiger partial charge >= 0.3 is 0 Å². The number of nitrogens with zero attached hydrogens (tertiary/aromatic N) is 3. The third-order valence-electron chi connectivity index (χ3n) is 4.64.